The number of hydrogen-bond donors (Lipinski definition) is 1. The maximum atomic E-state index is 13.4. The maximum Gasteiger partial charge on any atom is 0.417 e. The van der Waals surface area contributed by atoms with Crippen LogP contribution in [0.2, 0.25) is 5.02 Å². The van der Waals surface area contributed by atoms with Crippen molar-refractivity contribution < 1.29 is 26.4 Å². The minimum Gasteiger partial charge on any atom is -0.354 e. The van der Waals surface area contributed by atoms with Gasteiger partial charge in [-0.25, -0.2) is 13.4 Å². The molecule has 0 aliphatic rings. The van der Waals surface area contributed by atoms with E-state index in [2.05, 4.69) is 10.3 Å². The van der Waals surface area contributed by atoms with Crippen LogP contribution < -0.4 is 9.62 Å². The van der Waals surface area contributed by atoms with Gasteiger partial charge in [0.2, 0.25) is 5.91 Å². The van der Waals surface area contributed by atoms with Gasteiger partial charge < -0.3 is 5.32 Å². The predicted molar refractivity (Wildman–Crippen MR) is 125 cm³/mol. The lowest BCUT2D eigenvalue weighted by atomic mass is 10.2. The Morgan fingerprint density at radius 3 is 2.41 bits per heavy atom. The fourth-order valence-electron chi connectivity index (χ4n) is 2.89. The van der Waals surface area contributed by atoms with Gasteiger partial charge in [-0.3, -0.25) is 9.10 Å². The van der Waals surface area contributed by atoms with E-state index in [0.717, 1.165) is 17.2 Å². The molecule has 0 unspecified atom stereocenters. The molecule has 2 aromatic carbocycles. The van der Waals surface area contributed by atoms with Gasteiger partial charge in [0.1, 0.15) is 6.54 Å². The van der Waals surface area contributed by atoms with Crippen molar-refractivity contribution in [3.63, 3.8) is 0 Å². The second-order valence-corrected chi connectivity index (χ2v) is 10.2. The number of halogens is 4. The quantitative estimate of drug-likeness (QED) is 0.316. The van der Waals surface area contributed by atoms with E-state index in [-0.39, 0.29) is 17.1 Å². The molecule has 3 aromatic rings. The lowest BCUT2D eigenvalue weighted by Gasteiger charge is -2.25. The Balaban J connectivity index is 1.82. The molecule has 1 heterocycles. The van der Waals surface area contributed by atoms with E-state index < -0.39 is 39.2 Å². The number of anilines is 1. The van der Waals surface area contributed by atoms with Crippen molar-refractivity contribution in [3.8, 4) is 0 Å². The molecular weight excluding hydrogens is 511 g/mol. The van der Waals surface area contributed by atoms with Crippen LogP contribution in [0.4, 0.5) is 18.9 Å². The van der Waals surface area contributed by atoms with E-state index in [1.165, 1.54) is 36.0 Å². The molecule has 0 saturated carbocycles. The number of amides is 1. The van der Waals surface area contributed by atoms with Crippen LogP contribution in [0.5, 0.6) is 0 Å². The van der Waals surface area contributed by atoms with E-state index in [1.54, 1.807) is 24.4 Å². The van der Waals surface area contributed by atoms with Gasteiger partial charge in [-0.1, -0.05) is 35.9 Å². The first-order valence-electron chi connectivity index (χ1n) is 9.84. The van der Waals surface area contributed by atoms with Crippen molar-refractivity contribution in [2.75, 3.05) is 23.1 Å². The number of alkyl halides is 3. The van der Waals surface area contributed by atoms with Crippen LogP contribution in [0.3, 0.4) is 0 Å². The number of aromatic nitrogens is 1. The smallest absolute Gasteiger partial charge is 0.354 e. The highest BCUT2D eigenvalue weighted by Gasteiger charge is 2.35. The number of thioether (sulfide) groups is 1. The number of rotatable bonds is 9. The second-order valence-electron chi connectivity index (χ2n) is 6.85. The molecule has 0 saturated heterocycles. The molecule has 0 atom stereocenters. The average molecular weight is 530 g/mol. The molecule has 6 nitrogen and oxygen atoms in total. The monoisotopic (exact) mass is 529 g/mol. The Morgan fingerprint density at radius 2 is 1.76 bits per heavy atom. The second kappa shape index (κ2) is 11.1. The van der Waals surface area contributed by atoms with Crippen molar-refractivity contribution >= 4 is 45.0 Å². The first kappa shape index (κ1) is 25.9. The minimum absolute atomic E-state index is 0.169. The SMILES string of the molecule is O=C(CN(c1ccc(Cl)c(C(F)(F)F)c1)S(=O)(=O)c1ccccc1)NCCSc1ccccn1. The van der Waals surface area contributed by atoms with Gasteiger partial charge >= 0.3 is 6.18 Å². The number of carbonyl (C=O) groups is 1. The zero-order valence-corrected chi connectivity index (χ0v) is 19.9. The highest BCUT2D eigenvalue weighted by Crippen LogP contribution is 2.38. The Bertz CT molecular complexity index is 1230. The first-order valence-corrected chi connectivity index (χ1v) is 12.6. The number of benzene rings is 2. The Hall–Kier alpha value is -2.76. The number of sulfonamides is 1. The normalized spacial score (nSPS) is 11.8. The van der Waals surface area contributed by atoms with Gasteiger partial charge in [-0.05, 0) is 42.5 Å². The zero-order chi connectivity index (χ0) is 24.8. The lowest BCUT2D eigenvalue weighted by molar-refractivity contribution is -0.137. The third-order valence-electron chi connectivity index (χ3n) is 4.47. The molecular formula is C22H19ClF3N3O3S2. The van der Waals surface area contributed by atoms with Crippen molar-refractivity contribution in [3.05, 3.63) is 83.5 Å². The minimum atomic E-state index is -4.81. The molecule has 180 valence electrons. The topological polar surface area (TPSA) is 79.4 Å². The third-order valence-corrected chi connectivity index (χ3v) is 7.54. The molecule has 3 rings (SSSR count). The van der Waals surface area contributed by atoms with Crippen LogP contribution in [0.25, 0.3) is 0 Å². The van der Waals surface area contributed by atoms with Crippen LogP contribution in [0.15, 0.2) is 82.8 Å². The van der Waals surface area contributed by atoms with Crippen LogP contribution >= 0.6 is 23.4 Å². The molecule has 0 aliphatic carbocycles. The largest absolute Gasteiger partial charge is 0.417 e. The summed E-state index contributed by atoms with van der Waals surface area (Å²) in [6.07, 6.45) is -3.17. The zero-order valence-electron chi connectivity index (χ0n) is 17.5. The molecule has 12 heteroatoms. The molecule has 0 bridgehead atoms. The van der Waals surface area contributed by atoms with E-state index in [1.807, 2.05) is 6.07 Å². The van der Waals surface area contributed by atoms with Crippen molar-refractivity contribution in [1.82, 2.24) is 10.3 Å². The average Bonchev–Trinajstić information content (AvgIpc) is 2.81. The van der Waals surface area contributed by atoms with Gasteiger partial charge in [0.15, 0.2) is 0 Å². The highest BCUT2D eigenvalue weighted by atomic mass is 35.5. The van der Waals surface area contributed by atoms with Gasteiger partial charge in [0.25, 0.3) is 10.0 Å². The van der Waals surface area contributed by atoms with Crippen molar-refractivity contribution in [2.45, 2.75) is 16.1 Å². The van der Waals surface area contributed by atoms with E-state index in [0.29, 0.717) is 16.1 Å². The van der Waals surface area contributed by atoms with Crippen LogP contribution in [0.1, 0.15) is 5.56 Å². The van der Waals surface area contributed by atoms with Gasteiger partial charge in [-0.2, -0.15) is 13.2 Å². The van der Waals surface area contributed by atoms with Gasteiger partial charge in [-0.15, -0.1) is 11.8 Å². The Labute approximate surface area is 204 Å². The maximum absolute atomic E-state index is 13.4. The number of carbonyl (C=O) groups excluding carboxylic acids is 1. The number of nitrogens with one attached hydrogen (secondary N) is 1. The summed E-state index contributed by atoms with van der Waals surface area (Å²) in [5.74, 6) is -0.211. The standard InChI is InChI=1S/C22H19ClF3N3O3S2/c23-19-10-9-16(14-18(19)22(24,25)26)29(34(31,32)17-6-2-1-3-7-17)15-20(30)27-12-13-33-21-8-4-5-11-28-21/h1-11,14H,12-13,15H2,(H,27,30). The van der Waals surface area contributed by atoms with E-state index >= 15 is 0 Å². The molecule has 0 radical (unpaired) electrons. The fourth-order valence-corrected chi connectivity index (χ4v) is 5.27. The Kier molecular flexibility index (Phi) is 8.45. The highest BCUT2D eigenvalue weighted by molar-refractivity contribution is 7.99. The molecule has 1 aromatic heterocycles. The first-order chi connectivity index (χ1) is 16.1. The van der Waals surface area contributed by atoms with E-state index in [9.17, 15) is 26.4 Å². The number of nitrogens with zero attached hydrogens (tertiary/aromatic N) is 2. The summed E-state index contributed by atoms with van der Waals surface area (Å²) in [6.45, 7) is -0.516. The van der Waals surface area contributed by atoms with Crippen LogP contribution in [-0.2, 0) is 21.0 Å². The summed E-state index contributed by atoms with van der Waals surface area (Å²) >= 11 is 7.07. The fraction of sp³-hybridized carbons (Fsp3) is 0.182. The van der Waals surface area contributed by atoms with Crippen molar-refractivity contribution in [1.29, 1.82) is 0 Å². The summed E-state index contributed by atoms with van der Waals surface area (Å²) in [6, 6.07) is 15.2. The molecule has 1 amide bonds. The third kappa shape index (κ3) is 6.64. The summed E-state index contributed by atoms with van der Waals surface area (Å²) in [7, 11) is -4.35. The molecule has 0 aliphatic heterocycles. The number of hydrogen-bond acceptors (Lipinski definition) is 5. The number of pyridine rings is 1. The predicted octanol–water partition coefficient (Wildman–Crippen LogP) is 4.86. The molecule has 0 spiro atoms. The molecule has 0 fully saturated rings. The molecule has 1 N–H and O–H groups in total. The lowest BCUT2D eigenvalue weighted by Crippen LogP contribution is -2.41. The summed E-state index contributed by atoms with van der Waals surface area (Å²) < 4.78 is 67.3. The summed E-state index contributed by atoms with van der Waals surface area (Å²) in [5.41, 5.74) is -1.54. The van der Waals surface area contributed by atoms with Gasteiger partial charge in [0, 0.05) is 18.5 Å². The summed E-state index contributed by atoms with van der Waals surface area (Å²) in [5, 5.41) is 2.77. The van der Waals surface area contributed by atoms with E-state index in [4.69, 9.17) is 11.6 Å². The molecule has 34 heavy (non-hydrogen) atoms. The van der Waals surface area contributed by atoms with Crippen molar-refractivity contribution in [2.24, 2.45) is 0 Å². The van der Waals surface area contributed by atoms with Crippen LogP contribution in [0, 0.1) is 0 Å². The summed E-state index contributed by atoms with van der Waals surface area (Å²) in [4.78, 5) is 16.5. The van der Waals surface area contributed by atoms with Gasteiger partial charge in [0.05, 0.1) is 26.2 Å². The Morgan fingerprint density at radius 1 is 1.06 bits per heavy atom. The van der Waals surface area contributed by atoms with Crippen LogP contribution in [-0.4, -0.2) is 38.2 Å².